The molecule has 0 bridgehead atoms. The molecular weight excluding hydrogens is 476 g/mol. The number of aromatic nitrogens is 2. The van der Waals surface area contributed by atoms with E-state index in [2.05, 4.69) is 10.1 Å². The number of piperidine rings is 1. The molecule has 1 amide bonds. The normalized spacial score (nSPS) is 19.4. The number of rotatable bonds is 9. The number of nitrogens with one attached hydrogen (secondary N) is 1. The SMILES string of the molecule is COc1ccc(-c2noc(CCCC3CCN(S(=O)(=O)C4(C(=O)NO)CCOCC4)CC3)n2)cc1. The predicted octanol–water partition coefficient (Wildman–Crippen LogP) is 2.16. The van der Waals surface area contributed by atoms with Crippen LogP contribution in [-0.4, -0.2) is 72.1 Å². The topological polar surface area (TPSA) is 144 Å². The first-order valence-electron chi connectivity index (χ1n) is 11.9. The Morgan fingerprint density at radius 1 is 1.23 bits per heavy atom. The Hall–Kier alpha value is -2.54. The number of ether oxygens (including phenoxy) is 2. The van der Waals surface area contributed by atoms with E-state index in [0.717, 1.165) is 24.2 Å². The molecule has 0 spiro atoms. The Balaban J connectivity index is 1.27. The summed E-state index contributed by atoms with van der Waals surface area (Å²) in [5, 5.41) is 13.2. The minimum atomic E-state index is -3.93. The number of hydroxylamine groups is 1. The molecule has 192 valence electrons. The Kier molecular flexibility index (Phi) is 8.05. The van der Waals surface area contributed by atoms with Crippen molar-refractivity contribution in [3.8, 4) is 17.1 Å². The highest BCUT2D eigenvalue weighted by Gasteiger charge is 2.54. The summed E-state index contributed by atoms with van der Waals surface area (Å²) in [5.74, 6) is 1.37. The summed E-state index contributed by atoms with van der Waals surface area (Å²) in [4.78, 5) is 16.9. The van der Waals surface area contributed by atoms with Crippen LogP contribution in [0.3, 0.4) is 0 Å². The third-order valence-electron chi connectivity index (χ3n) is 7.04. The second-order valence-corrected chi connectivity index (χ2v) is 11.3. The molecule has 2 N–H and O–H groups in total. The molecule has 0 unspecified atom stereocenters. The maximum atomic E-state index is 13.4. The number of nitrogens with zero attached hydrogens (tertiary/aromatic N) is 3. The van der Waals surface area contributed by atoms with Crippen molar-refractivity contribution in [1.29, 1.82) is 0 Å². The zero-order chi connectivity index (χ0) is 24.9. The number of hydrogen-bond acceptors (Lipinski definition) is 9. The summed E-state index contributed by atoms with van der Waals surface area (Å²) in [7, 11) is -2.32. The van der Waals surface area contributed by atoms with Gasteiger partial charge in [0.15, 0.2) is 4.75 Å². The molecule has 2 aromatic rings. The molecule has 1 aromatic heterocycles. The van der Waals surface area contributed by atoms with Gasteiger partial charge in [0.05, 0.1) is 7.11 Å². The maximum absolute atomic E-state index is 13.4. The number of aryl methyl sites for hydroxylation is 1. The van der Waals surface area contributed by atoms with Gasteiger partial charge in [-0.15, -0.1) is 0 Å². The number of hydrogen-bond donors (Lipinski definition) is 2. The number of sulfonamides is 1. The number of amides is 1. The lowest BCUT2D eigenvalue weighted by Gasteiger charge is -2.40. The van der Waals surface area contributed by atoms with Crippen LogP contribution < -0.4 is 10.2 Å². The van der Waals surface area contributed by atoms with Crippen molar-refractivity contribution in [2.24, 2.45) is 5.92 Å². The molecule has 0 atom stereocenters. The molecule has 35 heavy (non-hydrogen) atoms. The molecule has 2 aliphatic rings. The van der Waals surface area contributed by atoms with Crippen molar-refractivity contribution in [2.45, 2.75) is 49.7 Å². The lowest BCUT2D eigenvalue weighted by Crippen LogP contribution is -2.60. The van der Waals surface area contributed by atoms with Gasteiger partial charge in [-0.25, -0.2) is 18.2 Å². The highest BCUT2D eigenvalue weighted by molar-refractivity contribution is 7.91. The van der Waals surface area contributed by atoms with E-state index in [9.17, 15) is 18.4 Å². The predicted molar refractivity (Wildman–Crippen MR) is 125 cm³/mol. The minimum absolute atomic E-state index is 0.0321. The van der Waals surface area contributed by atoms with E-state index >= 15 is 0 Å². The Bertz CT molecular complexity index is 1090. The second kappa shape index (κ2) is 11.0. The highest BCUT2D eigenvalue weighted by Crippen LogP contribution is 2.35. The van der Waals surface area contributed by atoms with Crippen molar-refractivity contribution < 1.29 is 32.4 Å². The summed E-state index contributed by atoms with van der Waals surface area (Å²) in [6.45, 7) is 1.05. The molecular formula is C23H32N4O7S. The molecule has 1 aromatic carbocycles. The number of methoxy groups -OCH3 is 1. The average molecular weight is 509 g/mol. The van der Waals surface area contributed by atoms with Gasteiger partial charge in [-0.1, -0.05) is 5.16 Å². The first-order valence-corrected chi connectivity index (χ1v) is 13.3. The average Bonchev–Trinajstić information content (AvgIpc) is 3.37. The first-order chi connectivity index (χ1) is 16.9. The fourth-order valence-corrected chi connectivity index (χ4v) is 6.99. The molecule has 4 rings (SSSR count). The van der Waals surface area contributed by atoms with Crippen LogP contribution in [0.1, 0.15) is 44.4 Å². The molecule has 3 heterocycles. The van der Waals surface area contributed by atoms with Crippen LogP contribution in [0.5, 0.6) is 5.75 Å². The van der Waals surface area contributed by atoms with Crippen molar-refractivity contribution in [3.63, 3.8) is 0 Å². The zero-order valence-electron chi connectivity index (χ0n) is 19.8. The fourth-order valence-electron chi connectivity index (χ4n) is 4.85. The molecule has 0 aliphatic carbocycles. The lowest BCUT2D eigenvalue weighted by atomic mass is 9.92. The number of carbonyl (C=O) groups excluding carboxylic acids is 1. The van der Waals surface area contributed by atoms with E-state index < -0.39 is 20.7 Å². The standard InChI is InChI=1S/C23H32N4O7S/c1-32-19-7-5-18(6-8-19)21-24-20(34-26-21)4-2-3-17-9-13-27(14-10-17)35(30,31)23(22(28)25-29)11-15-33-16-12-23/h5-8,17,29H,2-4,9-16H2,1H3,(H,25,28). The van der Waals surface area contributed by atoms with Gasteiger partial charge >= 0.3 is 0 Å². The Morgan fingerprint density at radius 3 is 2.54 bits per heavy atom. The van der Waals surface area contributed by atoms with Crippen molar-refractivity contribution in [2.75, 3.05) is 33.4 Å². The van der Waals surface area contributed by atoms with Gasteiger partial charge in [0, 0.05) is 51.1 Å². The fraction of sp³-hybridized carbons (Fsp3) is 0.609. The summed E-state index contributed by atoms with van der Waals surface area (Å²) in [6.07, 6.45) is 3.93. The van der Waals surface area contributed by atoms with Gasteiger partial charge in [-0.2, -0.15) is 4.98 Å². The third-order valence-corrected chi connectivity index (χ3v) is 9.67. The van der Waals surface area contributed by atoms with Crippen molar-refractivity contribution >= 4 is 15.9 Å². The van der Waals surface area contributed by atoms with Crippen LogP contribution in [0.25, 0.3) is 11.4 Å². The van der Waals surface area contributed by atoms with Gasteiger partial charge in [0.2, 0.25) is 21.7 Å². The van der Waals surface area contributed by atoms with Crippen molar-refractivity contribution in [1.82, 2.24) is 19.9 Å². The van der Waals surface area contributed by atoms with Gasteiger partial charge in [0.1, 0.15) is 5.75 Å². The number of carbonyl (C=O) groups is 1. The lowest BCUT2D eigenvalue weighted by molar-refractivity contribution is -0.134. The molecule has 2 fully saturated rings. The van der Waals surface area contributed by atoms with Gasteiger partial charge in [-0.05, 0) is 55.9 Å². The largest absolute Gasteiger partial charge is 0.497 e. The van der Waals surface area contributed by atoms with Crippen LogP contribution in [0, 0.1) is 5.92 Å². The summed E-state index contributed by atoms with van der Waals surface area (Å²) >= 11 is 0. The minimum Gasteiger partial charge on any atom is -0.497 e. The molecule has 0 saturated carbocycles. The van der Waals surface area contributed by atoms with Crippen LogP contribution >= 0.6 is 0 Å². The smallest absolute Gasteiger partial charge is 0.266 e. The van der Waals surface area contributed by atoms with E-state index in [1.807, 2.05) is 24.3 Å². The van der Waals surface area contributed by atoms with E-state index in [4.69, 9.17) is 14.0 Å². The van der Waals surface area contributed by atoms with Crippen LogP contribution in [0.4, 0.5) is 0 Å². The highest BCUT2D eigenvalue weighted by atomic mass is 32.2. The van der Waals surface area contributed by atoms with Gasteiger partial charge in [-0.3, -0.25) is 10.0 Å². The maximum Gasteiger partial charge on any atom is 0.266 e. The van der Waals surface area contributed by atoms with Gasteiger partial charge < -0.3 is 14.0 Å². The summed E-state index contributed by atoms with van der Waals surface area (Å²) in [5.41, 5.74) is 2.42. The Labute approximate surface area is 204 Å². The van der Waals surface area contributed by atoms with E-state index in [0.29, 0.717) is 50.0 Å². The third kappa shape index (κ3) is 5.35. The molecule has 2 saturated heterocycles. The quantitative estimate of drug-likeness (QED) is 0.384. The van der Waals surface area contributed by atoms with Crippen LogP contribution in [-0.2, 0) is 26.0 Å². The molecule has 0 radical (unpaired) electrons. The zero-order valence-corrected chi connectivity index (χ0v) is 20.6. The summed E-state index contributed by atoms with van der Waals surface area (Å²) < 4.78 is 42.3. The summed E-state index contributed by atoms with van der Waals surface area (Å²) in [6, 6.07) is 7.45. The van der Waals surface area contributed by atoms with Crippen molar-refractivity contribution in [3.05, 3.63) is 30.2 Å². The number of benzene rings is 1. The van der Waals surface area contributed by atoms with E-state index in [1.165, 1.54) is 4.31 Å². The molecule has 2 aliphatic heterocycles. The van der Waals surface area contributed by atoms with E-state index in [1.54, 1.807) is 12.6 Å². The van der Waals surface area contributed by atoms with Crippen LogP contribution in [0.15, 0.2) is 28.8 Å². The first kappa shape index (κ1) is 25.5. The Morgan fingerprint density at radius 2 is 1.91 bits per heavy atom. The van der Waals surface area contributed by atoms with Crippen LogP contribution in [0.2, 0.25) is 0 Å². The van der Waals surface area contributed by atoms with Gasteiger partial charge in [0.25, 0.3) is 5.91 Å². The molecule has 11 nitrogen and oxygen atoms in total. The van der Waals surface area contributed by atoms with E-state index in [-0.39, 0.29) is 26.1 Å². The monoisotopic (exact) mass is 508 g/mol. The second-order valence-electron chi connectivity index (χ2n) is 9.03. The molecule has 12 heteroatoms.